The largest absolute Gasteiger partial charge is 0.508 e. The van der Waals surface area contributed by atoms with Crippen molar-refractivity contribution in [1.29, 1.82) is 0 Å². The quantitative estimate of drug-likeness (QED) is 0.325. The molecule has 0 amide bonds. The minimum Gasteiger partial charge on any atom is -0.508 e. The normalized spacial score (nSPS) is 15.2. The van der Waals surface area contributed by atoms with Gasteiger partial charge in [0.25, 0.3) is 10.0 Å². The molecule has 0 saturated carbocycles. The van der Waals surface area contributed by atoms with Gasteiger partial charge >= 0.3 is 0 Å². The standard InChI is InChI=1S/C29H25NO3S/c1-2-28-26-11-7-6-10-25(26)27-20-22(13-12-21-8-4-3-5-9-21)14-19-29(27)30(28)34(32,33)24-17-15-23(31)16-18-24/h3-20,28,31H,2H2,1H3/b13-12+. The monoisotopic (exact) mass is 467 g/mol. The molecule has 1 aliphatic rings. The predicted octanol–water partition coefficient (Wildman–Crippen LogP) is 6.89. The molecule has 1 aliphatic heterocycles. The number of anilines is 1. The number of phenolic OH excluding ortho intramolecular Hbond substituents is 1. The van der Waals surface area contributed by atoms with Gasteiger partial charge in [0.1, 0.15) is 5.75 Å². The number of hydrogen-bond acceptors (Lipinski definition) is 3. The molecule has 4 aromatic rings. The number of rotatable bonds is 5. The smallest absolute Gasteiger partial charge is 0.264 e. The lowest BCUT2D eigenvalue weighted by molar-refractivity contribution is 0.474. The van der Waals surface area contributed by atoms with Crippen LogP contribution in [0.15, 0.2) is 102 Å². The highest BCUT2D eigenvalue weighted by atomic mass is 32.2. The molecule has 0 aliphatic carbocycles. The first-order valence-electron chi connectivity index (χ1n) is 11.3. The van der Waals surface area contributed by atoms with Gasteiger partial charge in [-0.05, 0) is 65.1 Å². The highest BCUT2D eigenvalue weighted by molar-refractivity contribution is 7.92. The Morgan fingerprint density at radius 1 is 0.794 bits per heavy atom. The maximum Gasteiger partial charge on any atom is 0.264 e. The van der Waals surface area contributed by atoms with Gasteiger partial charge in [-0.3, -0.25) is 4.31 Å². The van der Waals surface area contributed by atoms with E-state index in [2.05, 4.69) is 18.2 Å². The first-order chi connectivity index (χ1) is 16.5. The van der Waals surface area contributed by atoms with Gasteiger partial charge in [0, 0.05) is 5.56 Å². The molecule has 34 heavy (non-hydrogen) atoms. The Bertz CT molecular complexity index is 1460. The lowest BCUT2D eigenvalue weighted by atomic mass is 9.88. The second kappa shape index (κ2) is 8.84. The third-order valence-electron chi connectivity index (χ3n) is 6.20. The van der Waals surface area contributed by atoms with Crippen LogP contribution >= 0.6 is 0 Å². The highest BCUT2D eigenvalue weighted by Gasteiger charge is 2.38. The summed E-state index contributed by atoms with van der Waals surface area (Å²) in [5.74, 6) is 0.0326. The van der Waals surface area contributed by atoms with E-state index in [1.807, 2.05) is 73.7 Å². The SMILES string of the molecule is CCC1c2ccccc2-c2cc(/C=C/c3ccccc3)ccc2N1S(=O)(=O)c1ccc(O)cc1. The van der Waals surface area contributed by atoms with Crippen LogP contribution in [0.4, 0.5) is 5.69 Å². The van der Waals surface area contributed by atoms with Crippen molar-refractivity contribution in [3.63, 3.8) is 0 Å². The van der Waals surface area contributed by atoms with E-state index in [-0.39, 0.29) is 16.7 Å². The van der Waals surface area contributed by atoms with E-state index < -0.39 is 10.0 Å². The zero-order valence-electron chi connectivity index (χ0n) is 18.8. The van der Waals surface area contributed by atoms with Crippen LogP contribution in [0.1, 0.15) is 36.1 Å². The Labute approximate surface area is 200 Å². The van der Waals surface area contributed by atoms with Gasteiger partial charge in [0.15, 0.2) is 0 Å². The van der Waals surface area contributed by atoms with Gasteiger partial charge in [0.2, 0.25) is 0 Å². The minimum atomic E-state index is -3.86. The molecule has 1 heterocycles. The topological polar surface area (TPSA) is 57.6 Å². The Hall–Kier alpha value is -3.83. The summed E-state index contributed by atoms with van der Waals surface area (Å²) in [4.78, 5) is 0.155. The van der Waals surface area contributed by atoms with Gasteiger partial charge in [-0.25, -0.2) is 8.42 Å². The van der Waals surface area contributed by atoms with Crippen LogP contribution in [0.2, 0.25) is 0 Å². The summed E-state index contributed by atoms with van der Waals surface area (Å²) < 4.78 is 29.3. The summed E-state index contributed by atoms with van der Waals surface area (Å²) in [7, 11) is -3.86. The van der Waals surface area contributed by atoms with E-state index in [0.29, 0.717) is 12.1 Å². The van der Waals surface area contributed by atoms with E-state index in [1.54, 1.807) is 4.31 Å². The number of nitrogens with zero attached hydrogens (tertiary/aromatic N) is 1. The third-order valence-corrected chi connectivity index (χ3v) is 8.04. The van der Waals surface area contributed by atoms with Gasteiger partial charge in [-0.2, -0.15) is 0 Å². The van der Waals surface area contributed by atoms with E-state index in [0.717, 1.165) is 27.8 Å². The second-order valence-electron chi connectivity index (χ2n) is 8.33. The van der Waals surface area contributed by atoms with Crippen molar-refractivity contribution < 1.29 is 13.5 Å². The molecule has 0 radical (unpaired) electrons. The molecule has 1 unspecified atom stereocenters. The maximum absolute atomic E-state index is 13.9. The molecule has 0 fully saturated rings. The average Bonchev–Trinajstić information content (AvgIpc) is 2.87. The summed E-state index contributed by atoms with van der Waals surface area (Å²) >= 11 is 0. The second-order valence-corrected chi connectivity index (χ2v) is 10.1. The van der Waals surface area contributed by atoms with Crippen molar-refractivity contribution in [3.8, 4) is 16.9 Å². The molecule has 170 valence electrons. The lowest BCUT2D eigenvalue weighted by Crippen LogP contribution is -2.37. The molecular formula is C29H25NO3S. The molecule has 1 N–H and O–H groups in total. The molecule has 4 aromatic carbocycles. The number of aromatic hydroxyl groups is 1. The molecule has 5 rings (SSSR count). The molecule has 0 saturated heterocycles. The number of sulfonamides is 1. The van der Waals surface area contributed by atoms with Crippen molar-refractivity contribution >= 4 is 27.9 Å². The third kappa shape index (κ3) is 3.88. The molecule has 0 spiro atoms. The number of benzene rings is 4. The van der Waals surface area contributed by atoms with Crippen molar-refractivity contribution in [2.24, 2.45) is 0 Å². The fraction of sp³-hybridized carbons (Fsp3) is 0.103. The van der Waals surface area contributed by atoms with Gasteiger partial charge < -0.3 is 5.11 Å². The van der Waals surface area contributed by atoms with Gasteiger partial charge in [-0.15, -0.1) is 0 Å². The number of phenols is 1. The summed E-state index contributed by atoms with van der Waals surface area (Å²) in [5.41, 5.74) is 5.69. The Morgan fingerprint density at radius 3 is 2.21 bits per heavy atom. The van der Waals surface area contributed by atoms with Crippen LogP contribution in [0.25, 0.3) is 23.3 Å². The zero-order chi connectivity index (χ0) is 23.7. The van der Waals surface area contributed by atoms with Crippen LogP contribution in [-0.4, -0.2) is 13.5 Å². The first kappa shape index (κ1) is 22.0. The maximum atomic E-state index is 13.9. The number of fused-ring (bicyclic) bond motifs is 3. The Kier molecular flexibility index (Phi) is 5.72. The fourth-order valence-corrected chi connectivity index (χ4v) is 6.29. The van der Waals surface area contributed by atoms with Crippen molar-refractivity contribution in [2.45, 2.75) is 24.3 Å². The van der Waals surface area contributed by atoms with Crippen LogP contribution in [0, 0.1) is 0 Å². The first-order valence-corrected chi connectivity index (χ1v) is 12.7. The highest BCUT2D eigenvalue weighted by Crippen LogP contribution is 2.48. The van der Waals surface area contributed by atoms with E-state index in [9.17, 15) is 13.5 Å². The minimum absolute atomic E-state index is 0.0326. The predicted molar refractivity (Wildman–Crippen MR) is 138 cm³/mol. The molecule has 1 atom stereocenters. The summed E-state index contributed by atoms with van der Waals surface area (Å²) in [6, 6.07) is 29.4. The van der Waals surface area contributed by atoms with Crippen LogP contribution in [0.3, 0.4) is 0 Å². The average molecular weight is 468 g/mol. The van der Waals surface area contributed by atoms with Gasteiger partial charge in [-0.1, -0.05) is 79.7 Å². The Balaban J connectivity index is 1.66. The van der Waals surface area contributed by atoms with E-state index >= 15 is 0 Å². The molecule has 5 heteroatoms. The summed E-state index contributed by atoms with van der Waals surface area (Å²) in [6.07, 6.45) is 4.72. The van der Waals surface area contributed by atoms with Gasteiger partial charge in [0.05, 0.1) is 16.6 Å². The fourth-order valence-electron chi connectivity index (χ4n) is 4.56. The molecule has 0 aromatic heterocycles. The molecular weight excluding hydrogens is 442 g/mol. The van der Waals surface area contributed by atoms with Crippen LogP contribution in [0.5, 0.6) is 5.75 Å². The van der Waals surface area contributed by atoms with Crippen LogP contribution in [-0.2, 0) is 10.0 Å². The Morgan fingerprint density at radius 2 is 1.47 bits per heavy atom. The lowest BCUT2D eigenvalue weighted by Gasteiger charge is -2.39. The van der Waals surface area contributed by atoms with E-state index in [4.69, 9.17) is 0 Å². The molecule has 0 bridgehead atoms. The number of hydrogen-bond donors (Lipinski definition) is 1. The summed E-state index contributed by atoms with van der Waals surface area (Å²) in [5, 5.41) is 9.67. The van der Waals surface area contributed by atoms with Crippen molar-refractivity contribution in [1.82, 2.24) is 0 Å². The summed E-state index contributed by atoms with van der Waals surface area (Å²) in [6.45, 7) is 2.00. The zero-order valence-corrected chi connectivity index (χ0v) is 19.6. The van der Waals surface area contributed by atoms with Crippen molar-refractivity contribution in [2.75, 3.05) is 4.31 Å². The van der Waals surface area contributed by atoms with E-state index in [1.165, 1.54) is 24.3 Å². The molecule has 4 nitrogen and oxygen atoms in total. The van der Waals surface area contributed by atoms with Crippen molar-refractivity contribution in [3.05, 3.63) is 114 Å². The van der Waals surface area contributed by atoms with Crippen LogP contribution < -0.4 is 4.31 Å².